The van der Waals surface area contributed by atoms with E-state index < -0.39 is 0 Å². The van der Waals surface area contributed by atoms with Crippen LogP contribution in [0.2, 0.25) is 0 Å². The van der Waals surface area contributed by atoms with Crippen LogP contribution in [0.15, 0.2) is 24.4 Å². The van der Waals surface area contributed by atoms with Gasteiger partial charge in [-0.05, 0) is 37.8 Å². The standard InChI is InChI=1S/C18H27N3O2/c1-3-17-9-5-7-12-21(17)18(23)10-13-20(15(2)22)14-16-8-4-6-11-19-16/h4,6,8,11,17H,3,5,7,9-10,12-14H2,1-2H3. The molecule has 2 heterocycles. The van der Waals surface area contributed by atoms with Crippen LogP contribution in [0.3, 0.4) is 0 Å². The molecule has 0 bridgehead atoms. The molecule has 0 spiro atoms. The minimum atomic E-state index is -0.0193. The van der Waals surface area contributed by atoms with Crippen LogP contribution in [0.1, 0.15) is 51.6 Å². The van der Waals surface area contributed by atoms with E-state index in [0.29, 0.717) is 25.6 Å². The Hall–Kier alpha value is -1.91. The number of carbonyl (C=O) groups excluding carboxylic acids is 2. The molecule has 1 aromatic rings. The maximum Gasteiger partial charge on any atom is 0.224 e. The van der Waals surface area contributed by atoms with Gasteiger partial charge in [0, 0.05) is 38.7 Å². The monoisotopic (exact) mass is 317 g/mol. The number of aromatic nitrogens is 1. The van der Waals surface area contributed by atoms with Gasteiger partial charge in [0.25, 0.3) is 0 Å². The van der Waals surface area contributed by atoms with Crippen molar-refractivity contribution in [2.75, 3.05) is 13.1 Å². The number of amides is 2. The maximum absolute atomic E-state index is 12.5. The summed E-state index contributed by atoms with van der Waals surface area (Å²) in [5, 5.41) is 0. The smallest absolute Gasteiger partial charge is 0.224 e. The minimum absolute atomic E-state index is 0.0193. The lowest BCUT2D eigenvalue weighted by molar-refractivity contribution is -0.136. The molecule has 23 heavy (non-hydrogen) atoms. The molecule has 1 aliphatic heterocycles. The number of nitrogens with zero attached hydrogens (tertiary/aromatic N) is 3. The fourth-order valence-electron chi connectivity index (χ4n) is 3.16. The molecule has 1 aromatic heterocycles. The fourth-order valence-corrected chi connectivity index (χ4v) is 3.16. The van der Waals surface area contributed by atoms with Crippen LogP contribution >= 0.6 is 0 Å². The van der Waals surface area contributed by atoms with Crippen LogP contribution < -0.4 is 0 Å². The van der Waals surface area contributed by atoms with Gasteiger partial charge in [0.1, 0.15) is 0 Å². The van der Waals surface area contributed by atoms with E-state index in [1.54, 1.807) is 18.0 Å². The molecule has 1 atom stereocenters. The molecule has 1 unspecified atom stereocenters. The molecule has 2 amide bonds. The van der Waals surface area contributed by atoms with Crippen molar-refractivity contribution in [1.29, 1.82) is 0 Å². The normalized spacial score (nSPS) is 17.8. The highest BCUT2D eigenvalue weighted by atomic mass is 16.2. The van der Waals surface area contributed by atoms with E-state index >= 15 is 0 Å². The molecule has 126 valence electrons. The Morgan fingerprint density at radius 2 is 2.17 bits per heavy atom. The molecule has 5 nitrogen and oxygen atoms in total. The summed E-state index contributed by atoms with van der Waals surface area (Å²) in [6, 6.07) is 6.03. The Morgan fingerprint density at radius 3 is 2.83 bits per heavy atom. The Morgan fingerprint density at radius 1 is 1.35 bits per heavy atom. The zero-order valence-electron chi connectivity index (χ0n) is 14.2. The van der Waals surface area contributed by atoms with Crippen molar-refractivity contribution in [1.82, 2.24) is 14.8 Å². The van der Waals surface area contributed by atoms with Crippen molar-refractivity contribution in [2.45, 2.75) is 58.5 Å². The Balaban J connectivity index is 1.90. The van der Waals surface area contributed by atoms with Gasteiger partial charge < -0.3 is 9.80 Å². The van der Waals surface area contributed by atoms with Gasteiger partial charge in [-0.3, -0.25) is 14.6 Å². The van der Waals surface area contributed by atoms with Gasteiger partial charge in [-0.15, -0.1) is 0 Å². The van der Waals surface area contributed by atoms with Crippen molar-refractivity contribution >= 4 is 11.8 Å². The topological polar surface area (TPSA) is 53.5 Å². The second-order valence-electron chi connectivity index (χ2n) is 6.16. The first-order chi connectivity index (χ1) is 11.1. The van der Waals surface area contributed by atoms with Gasteiger partial charge in [-0.1, -0.05) is 13.0 Å². The lowest BCUT2D eigenvalue weighted by Gasteiger charge is -2.35. The number of carbonyl (C=O) groups is 2. The van der Waals surface area contributed by atoms with Crippen molar-refractivity contribution in [3.8, 4) is 0 Å². The fraction of sp³-hybridized carbons (Fsp3) is 0.611. The Kier molecular flexibility index (Phi) is 6.56. The quantitative estimate of drug-likeness (QED) is 0.810. The predicted octanol–water partition coefficient (Wildman–Crippen LogP) is 2.61. The zero-order chi connectivity index (χ0) is 16.7. The molecule has 2 rings (SSSR count). The number of hydrogen-bond donors (Lipinski definition) is 0. The number of piperidine rings is 1. The summed E-state index contributed by atoms with van der Waals surface area (Å²) in [6.07, 6.45) is 6.53. The Labute approximate surface area is 138 Å². The molecule has 0 N–H and O–H groups in total. The van der Waals surface area contributed by atoms with Crippen LogP contribution in [0.5, 0.6) is 0 Å². The third kappa shape index (κ3) is 5.05. The van der Waals surface area contributed by atoms with Gasteiger partial charge in [-0.2, -0.15) is 0 Å². The lowest BCUT2D eigenvalue weighted by atomic mass is 9.99. The first-order valence-electron chi connectivity index (χ1n) is 8.56. The predicted molar refractivity (Wildman–Crippen MR) is 89.6 cm³/mol. The molecule has 1 aliphatic rings. The van der Waals surface area contributed by atoms with Crippen LogP contribution in [-0.4, -0.2) is 45.7 Å². The van der Waals surface area contributed by atoms with Gasteiger partial charge in [0.15, 0.2) is 0 Å². The van der Waals surface area contributed by atoms with Gasteiger partial charge in [0.2, 0.25) is 11.8 Å². The second-order valence-corrected chi connectivity index (χ2v) is 6.16. The SMILES string of the molecule is CCC1CCCCN1C(=O)CCN(Cc1ccccn1)C(C)=O. The van der Waals surface area contributed by atoms with Crippen LogP contribution in [0.25, 0.3) is 0 Å². The van der Waals surface area contributed by atoms with Crippen molar-refractivity contribution in [3.05, 3.63) is 30.1 Å². The molecule has 0 aliphatic carbocycles. The van der Waals surface area contributed by atoms with E-state index in [1.165, 1.54) is 6.42 Å². The summed E-state index contributed by atoms with van der Waals surface area (Å²) >= 11 is 0. The summed E-state index contributed by atoms with van der Waals surface area (Å²) < 4.78 is 0. The highest BCUT2D eigenvalue weighted by Crippen LogP contribution is 2.20. The van der Waals surface area contributed by atoms with Gasteiger partial charge in [0.05, 0.1) is 12.2 Å². The number of rotatable bonds is 6. The third-order valence-electron chi connectivity index (χ3n) is 4.54. The number of pyridine rings is 1. The van der Waals surface area contributed by atoms with Crippen molar-refractivity contribution < 1.29 is 9.59 Å². The second kappa shape index (κ2) is 8.65. The zero-order valence-corrected chi connectivity index (χ0v) is 14.2. The first-order valence-corrected chi connectivity index (χ1v) is 8.56. The third-order valence-corrected chi connectivity index (χ3v) is 4.54. The molecule has 5 heteroatoms. The summed E-state index contributed by atoms with van der Waals surface area (Å²) in [5.41, 5.74) is 0.847. The largest absolute Gasteiger partial charge is 0.340 e. The van der Waals surface area contributed by atoms with Crippen LogP contribution in [0, 0.1) is 0 Å². The molecule has 1 saturated heterocycles. The molecular formula is C18H27N3O2. The van der Waals surface area contributed by atoms with Crippen LogP contribution in [0.4, 0.5) is 0 Å². The molecule has 0 aromatic carbocycles. The van der Waals surface area contributed by atoms with Crippen molar-refractivity contribution in [3.63, 3.8) is 0 Å². The summed E-state index contributed by atoms with van der Waals surface area (Å²) in [7, 11) is 0. The summed E-state index contributed by atoms with van der Waals surface area (Å²) in [6.45, 7) is 5.46. The van der Waals surface area contributed by atoms with E-state index in [0.717, 1.165) is 31.5 Å². The number of likely N-dealkylation sites (tertiary alicyclic amines) is 1. The molecular weight excluding hydrogens is 290 g/mol. The molecule has 1 fully saturated rings. The van der Waals surface area contributed by atoms with E-state index in [-0.39, 0.29) is 11.8 Å². The molecule has 0 radical (unpaired) electrons. The average molecular weight is 317 g/mol. The Bertz CT molecular complexity index is 518. The lowest BCUT2D eigenvalue weighted by Crippen LogP contribution is -2.44. The minimum Gasteiger partial charge on any atom is -0.340 e. The van der Waals surface area contributed by atoms with E-state index in [2.05, 4.69) is 11.9 Å². The molecule has 0 saturated carbocycles. The number of hydrogen-bond acceptors (Lipinski definition) is 3. The van der Waals surface area contributed by atoms with Crippen LogP contribution in [-0.2, 0) is 16.1 Å². The summed E-state index contributed by atoms with van der Waals surface area (Å²) in [5.74, 6) is 0.151. The van der Waals surface area contributed by atoms with E-state index in [1.807, 2.05) is 23.1 Å². The van der Waals surface area contributed by atoms with E-state index in [4.69, 9.17) is 0 Å². The van der Waals surface area contributed by atoms with Gasteiger partial charge >= 0.3 is 0 Å². The first kappa shape index (κ1) is 17.4. The summed E-state index contributed by atoms with van der Waals surface area (Å²) in [4.78, 5) is 32.3. The highest BCUT2D eigenvalue weighted by Gasteiger charge is 2.25. The maximum atomic E-state index is 12.5. The van der Waals surface area contributed by atoms with E-state index in [9.17, 15) is 9.59 Å². The van der Waals surface area contributed by atoms with Gasteiger partial charge in [-0.25, -0.2) is 0 Å². The highest BCUT2D eigenvalue weighted by molar-refractivity contribution is 5.78. The van der Waals surface area contributed by atoms with Crippen molar-refractivity contribution in [2.24, 2.45) is 0 Å². The average Bonchev–Trinajstić information content (AvgIpc) is 2.58.